The van der Waals surface area contributed by atoms with E-state index in [4.69, 9.17) is 4.74 Å². The molecule has 2 saturated carbocycles. The molecule has 182 valence electrons. The molecule has 2 N–H and O–H groups in total. The second-order valence-electron chi connectivity index (χ2n) is 10.6. The van der Waals surface area contributed by atoms with E-state index in [2.05, 4.69) is 29.6 Å². The first-order chi connectivity index (χ1) is 17.0. The topological polar surface area (TPSA) is 95.9 Å². The molecule has 0 unspecified atom stereocenters. The molecular weight excluding hydrogens is 444 g/mol. The van der Waals surface area contributed by atoms with E-state index in [0.29, 0.717) is 38.3 Å². The van der Waals surface area contributed by atoms with Crippen molar-refractivity contribution in [2.45, 2.75) is 44.1 Å². The number of piperidine rings is 1. The number of carboxylic acids is 1. The lowest BCUT2D eigenvalue weighted by molar-refractivity contribution is -0.147. The van der Waals surface area contributed by atoms with Crippen LogP contribution in [0, 0.1) is 17.3 Å². The van der Waals surface area contributed by atoms with Crippen LogP contribution in [-0.2, 0) is 14.3 Å². The second kappa shape index (κ2) is 8.40. The quantitative estimate of drug-likeness (QED) is 0.683. The number of carboxylic acid groups (broad SMARTS) is 1. The lowest BCUT2D eigenvalue weighted by atomic mass is 9.94. The predicted molar refractivity (Wildman–Crippen MR) is 129 cm³/mol. The molecule has 0 aromatic heterocycles. The fraction of sp³-hybridized carbons (Fsp3) is 0.464. The first kappa shape index (κ1) is 22.1. The van der Waals surface area contributed by atoms with Gasteiger partial charge in [-0.3, -0.25) is 9.59 Å². The van der Waals surface area contributed by atoms with Gasteiger partial charge in [0, 0.05) is 25.0 Å². The fourth-order valence-electron chi connectivity index (χ4n) is 6.72. The van der Waals surface area contributed by atoms with Crippen molar-refractivity contribution in [2.24, 2.45) is 17.3 Å². The molecule has 3 fully saturated rings. The van der Waals surface area contributed by atoms with Gasteiger partial charge >= 0.3 is 12.1 Å². The third-order valence-electron chi connectivity index (χ3n) is 8.63. The molecule has 2 amide bonds. The van der Waals surface area contributed by atoms with Gasteiger partial charge in [0.05, 0.1) is 11.3 Å². The molecule has 7 heteroatoms. The molecule has 0 spiro atoms. The summed E-state index contributed by atoms with van der Waals surface area (Å²) < 4.78 is 5.69. The first-order valence-electron chi connectivity index (χ1n) is 12.6. The minimum Gasteiger partial charge on any atom is -0.481 e. The van der Waals surface area contributed by atoms with E-state index in [9.17, 15) is 19.5 Å². The molecule has 35 heavy (non-hydrogen) atoms. The van der Waals surface area contributed by atoms with E-state index in [-0.39, 0.29) is 35.8 Å². The Morgan fingerprint density at radius 3 is 2.23 bits per heavy atom. The summed E-state index contributed by atoms with van der Waals surface area (Å²) in [6.07, 6.45) is 2.91. The predicted octanol–water partition coefficient (Wildman–Crippen LogP) is 4.02. The summed E-state index contributed by atoms with van der Waals surface area (Å²) in [5, 5.41) is 12.2. The number of carbonyl (C=O) groups excluding carboxylic acids is 2. The van der Waals surface area contributed by atoms with E-state index in [1.165, 1.54) is 22.3 Å². The zero-order chi connectivity index (χ0) is 24.2. The number of alkyl carbamates (subject to hydrolysis) is 1. The largest absolute Gasteiger partial charge is 0.481 e. The lowest BCUT2D eigenvalue weighted by Gasteiger charge is -2.33. The molecule has 3 aliphatic carbocycles. The Balaban J connectivity index is 1.04. The molecule has 2 aromatic rings. The molecule has 0 bridgehead atoms. The first-order valence-corrected chi connectivity index (χ1v) is 12.6. The highest BCUT2D eigenvalue weighted by molar-refractivity contribution is 5.87. The molecule has 7 nitrogen and oxygen atoms in total. The van der Waals surface area contributed by atoms with Crippen LogP contribution in [-0.4, -0.2) is 53.7 Å². The Morgan fingerprint density at radius 2 is 1.60 bits per heavy atom. The summed E-state index contributed by atoms with van der Waals surface area (Å²) in [4.78, 5) is 39.0. The van der Waals surface area contributed by atoms with Gasteiger partial charge in [0.1, 0.15) is 6.61 Å². The number of aliphatic carboxylic acids is 1. The second-order valence-corrected chi connectivity index (χ2v) is 10.6. The van der Waals surface area contributed by atoms with E-state index in [0.717, 1.165) is 12.8 Å². The molecule has 0 radical (unpaired) electrons. The molecular formula is C28H30N2O5. The standard InChI is InChI=1S/C28H30N2O5/c31-25(32)17-9-11-30(12-10-17)26(33)28-14-18(28)13-19(15-28)29-27(34)35-16-24-22-7-3-1-5-20(22)21-6-2-4-8-23(21)24/h1-8,17-19,24H,9-16H2,(H,29,34)(H,31,32)/t18-,19+,28+/m1/s1. The van der Waals surface area contributed by atoms with Gasteiger partial charge in [-0.25, -0.2) is 4.79 Å². The van der Waals surface area contributed by atoms with E-state index >= 15 is 0 Å². The Morgan fingerprint density at radius 1 is 0.971 bits per heavy atom. The molecule has 1 heterocycles. The SMILES string of the molecule is O=C(N[C@H]1C[C@@H]2C[C@]2(C(=O)N2CCC(C(=O)O)CC2)C1)OCC1c2ccccc2-c2ccccc21. The van der Waals surface area contributed by atoms with Crippen LogP contribution in [0.15, 0.2) is 48.5 Å². The van der Waals surface area contributed by atoms with Crippen molar-refractivity contribution in [3.05, 3.63) is 59.7 Å². The van der Waals surface area contributed by atoms with E-state index in [1.807, 2.05) is 29.2 Å². The summed E-state index contributed by atoms with van der Waals surface area (Å²) in [7, 11) is 0. The van der Waals surface area contributed by atoms with Crippen LogP contribution in [0.4, 0.5) is 4.79 Å². The Bertz CT molecular complexity index is 1140. The number of amides is 2. The number of nitrogens with one attached hydrogen (secondary N) is 1. The Hall–Kier alpha value is -3.35. The lowest BCUT2D eigenvalue weighted by Crippen LogP contribution is -2.44. The van der Waals surface area contributed by atoms with Gasteiger partial charge in [-0.05, 0) is 60.3 Å². The Labute approximate surface area is 204 Å². The van der Waals surface area contributed by atoms with Crippen molar-refractivity contribution in [2.75, 3.05) is 19.7 Å². The van der Waals surface area contributed by atoms with Crippen LogP contribution in [0.3, 0.4) is 0 Å². The highest BCUT2D eigenvalue weighted by Crippen LogP contribution is 2.64. The highest BCUT2D eigenvalue weighted by Gasteiger charge is 2.66. The number of hydrogen-bond donors (Lipinski definition) is 2. The summed E-state index contributed by atoms with van der Waals surface area (Å²) in [5.74, 6) is -0.660. The van der Waals surface area contributed by atoms with Crippen LogP contribution in [0.5, 0.6) is 0 Å². The van der Waals surface area contributed by atoms with Gasteiger partial charge < -0.3 is 20.1 Å². The molecule has 6 rings (SSSR count). The van der Waals surface area contributed by atoms with Crippen molar-refractivity contribution in [1.29, 1.82) is 0 Å². The minimum atomic E-state index is -0.771. The summed E-state index contributed by atoms with van der Waals surface area (Å²) in [6.45, 7) is 1.29. The normalized spacial score (nSPS) is 27.0. The fourth-order valence-corrected chi connectivity index (χ4v) is 6.72. The molecule has 1 saturated heterocycles. The van der Waals surface area contributed by atoms with Gasteiger partial charge in [-0.2, -0.15) is 0 Å². The maximum Gasteiger partial charge on any atom is 0.407 e. The van der Waals surface area contributed by atoms with Crippen LogP contribution in [0.1, 0.15) is 49.1 Å². The summed E-state index contributed by atoms with van der Waals surface area (Å²) >= 11 is 0. The smallest absolute Gasteiger partial charge is 0.407 e. The van der Waals surface area contributed by atoms with Crippen molar-refractivity contribution in [1.82, 2.24) is 10.2 Å². The van der Waals surface area contributed by atoms with E-state index < -0.39 is 12.1 Å². The van der Waals surface area contributed by atoms with Crippen LogP contribution in [0.2, 0.25) is 0 Å². The summed E-state index contributed by atoms with van der Waals surface area (Å²) in [5.41, 5.74) is 4.37. The molecule has 2 aromatic carbocycles. The van der Waals surface area contributed by atoms with Gasteiger partial charge in [0.15, 0.2) is 0 Å². The molecule has 1 aliphatic heterocycles. The van der Waals surface area contributed by atoms with Crippen molar-refractivity contribution in [3.8, 4) is 11.1 Å². The van der Waals surface area contributed by atoms with Crippen LogP contribution < -0.4 is 5.32 Å². The maximum atomic E-state index is 13.2. The van der Waals surface area contributed by atoms with Crippen molar-refractivity contribution < 1.29 is 24.2 Å². The maximum absolute atomic E-state index is 13.2. The number of ether oxygens (including phenoxy) is 1. The molecule has 3 atom stereocenters. The summed E-state index contributed by atoms with van der Waals surface area (Å²) in [6, 6.07) is 16.4. The van der Waals surface area contributed by atoms with Crippen molar-refractivity contribution >= 4 is 18.0 Å². The number of likely N-dealkylation sites (tertiary alicyclic amines) is 1. The van der Waals surface area contributed by atoms with Gasteiger partial charge in [-0.1, -0.05) is 48.5 Å². The average molecular weight is 475 g/mol. The number of nitrogens with zero attached hydrogens (tertiary/aromatic N) is 1. The zero-order valence-corrected chi connectivity index (χ0v) is 19.6. The van der Waals surface area contributed by atoms with E-state index in [1.54, 1.807) is 0 Å². The molecule has 4 aliphatic rings. The third-order valence-corrected chi connectivity index (χ3v) is 8.63. The van der Waals surface area contributed by atoms with Gasteiger partial charge in [-0.15, -0.1) is 0 Å². The third kappa shape index (κ3) is 3.77. The minimum absolute atomic E-state index is 0.0202. The van der Waals surface area contributed by atoms with Crippen LogP contribution in [0.25, 0.3) is 11.1 Å². The highest BCUT2D eigenvalue weighted by atomic mass is 16.5. The zero-order valence-electron chi connectivity index (χ0n) is 19.6. The Kier molecular flexibility index (Phi) is 5.31. The monoisotopic (exact) mass is 474 g/mol. The number of fused-ring (bicyclic) bond motifs is 4. The van der Waals surface area contributed by atoms with Gasteiger partial charge in [0.2, 0.25) is 5.91 Å². The number of benzene rings is 2. The van der Waals surface area contributed by atoms with Gasteiger partial charge in [0.25, 0.3) is 0 Å². The van der Waals surface area contributed by atoms with Crippen LogP contribution >= 0.6 is 0 Å². The number of carbonyl (C=O) groups is 3. The number of hydrogen-bond acceptors (Lipinski definition) is 4. The van der Waals surface area contributed by atoms with Crippen molar-refractivity contribution in [3.63, 3.8) is 0 Å². The average Bonchev–Trinajstić information content (AvgIpc) is 3.30. The number of rotatable bonds is 5.